The molecule has 2 aromatic heterocycles. The first-order valence-corrected chi connectivity index (χ1v) is 4.07. The van der Waals surface area contributed by atoms with Gasteiger partial charge in [-0.3, -0.25) is 0 Å². The molecular formula is C8H7F3N4. The lowest BCUT2D eigenvalue weighted by Gasteiger charge is -2.09. The summed E-state index contributed by atoms with van der Waals surface area (Å²) in [6, 6.07) is 0.763. The monoisotopic (exact) mass is 216 g/mol. The second-order valence-corrected chi connectivity index (χ2v) is 3.13. The van der Waals surface area contributed by atoms with E-state index in [1.54, 1.807) is 6.92 Å². The molecule has 4 nitrogen and oxygen atoms in total. The Morgan fingerprint density at radius 1 is 1.40 bits per heavy atom. The Kier molecular flexibility index (Phi) is 1.85. The summed E-state index contributed by atoms with van der Waals surface area (Å²) in [5.41, 5.74) is 5.05. The van der Waals surface area contributed by atoms with Crippen LogP contribution in [0.25, 0.3) is 5.65 Å². The van der Waals surface area contributed by atoms with Gasteiger partial charge in [0.05, 0.1) is 6.20 Å². The minimum absolute atomic E-state index is 0.127. The molecule has 0 aliphatic carbocycles. The summed E-state index contributed by atoms with van der Waals surface area (Å²) in [6.07, 6.45) is -3.18. The molecule has 7 heteroatoms. The summed E-state index contributed by atoms with van der Waals surface area (Å²) in [6.45, 7) is 1.62. The standard InChI is InChI=1S/C8H7F3N4/c1-4-3-13-15-5(8(9,10)11)2-6(12)14-7(4)15/h2-3H,1H3,(H2,12,14). The van der Waals surface area contributed by atoms with Crippen molar-refractivity contribution in [2.75, 3.05) is 5.73 Å². The van der Waals surface area contributed by atoms with Gasteiger partial charge in [-0.15, -0.1) is 0 Å². The Morgan fingerprint density at radius 2 is 2.07 bits per heavy atom. The lowest BCUT2D eigenvalue weighted by atomic mass is 10.3. The second kappa shape index (κ2) is 2.85. The fraction of sp³-hybridized carbons (Fsp3) is 0.250. The van der Waals surface area contributed by atoms with E-state index in [-0.39, 0.29) is 11.5 Å². The largest absolute Gasteiger partial charge is 0.433 e. The molecule has 0 spiro atoms. The van der Waals surface area contributed by atoms with Crippen LogP contribution in [-0.2, 0) is 6.18 Å². The van der Waals surface area contributed by atoms with Crippen molar-refractivity contribution in [3.63, 3.8) is 0 Å². The van der Waals surface area contributed by atoms with Crippen LogP contribution >= 0.6 is 0 Å². The molecular weight excluding hydrogens is 209 g/mol. The van der Waals surface area contributed by atoms with Crippen molar-refractivity contribution in [3.05, 3.63) is 23.5 Å². The smallest absolute Gasteiger partial charge is 0.384 e. The molecule has 0 aliphatic heterocycles. The number of hydrogen-bond donors (Lipinski definition) is 1. The van der Waals surface area contributed by atoms with E-state index in [4.69, 9.17) is 5.73 Å². The molecule has 0 saturated heterocycles. The summed E-state index contributed by atoms with van der Waals surface area (Å²) in [5, 5.41) is 3.60. The zero-order valence-electron chi connectivity index (χ0n) is 7.71. The van der Waals surface area contributed by atoms with E-state index in [1.807, 2.05) is 0 Å². The molecule has 0 saturated carbocycles. The summed E-state index contributed by atoms with van der Waals surface area (Å²) in [5.74, 6) is -0.168. The highest BCUT2D eigenvalue weighted by Gasteiger charge is 2.35. The number of aromatic nitrogens is 3. The molecule has 0 aromatic carbocycles. The van der Waals surface area contributed by atoms with E-state index in [0.717, 1.165) is 10.6 Å². The van der Waals surface area contributed by atoms with Crippen LogP contribution < -0.4 is 5.73 Å². The highest BCUT2D eigenvalue weighted by Crippen LogP contribution is 2.30. The first kappa shape index (κ1) is 9.75. The van der Waals surface area contributed by atoms with Crippen molar-refractivity contribution < 1.29 is 13.2 Å². The molecule has 2 heterocycles. The fourth-order valence-electron chi connectivity index (χ4n) is 1.29. The Balaban J connectivity index is 2.84. The predicted octanol–water partition coefficient (Wildman–Crippen LogP) is 1.64. The molecule has 2 N–H and O–H groups in total. The third kappa shape index (κ3) is 1.49. The van der Waals surface area contributed by atoms with E-state index in [1.165, 1.54) is 6.20 Å². The number of alkyl halides is 3. The van der Waals surface area contributed by atoms with Crippen LogP contribution in [0.2, 0.25) is 0 Å². The van der Waals surface area contributed by atoms with Gasteiger partial charge in [0.25, 0.3) is 0 Å². The van der Waals surface area contributed by atoms with Crippen molar-refractivity contribution in [2.45, 2.75) is 13.1 Å². The van der Waals surface area contributed by atoms with E-state index < -0.39 is 11.9 Å². The van der Waals surface area contributed by atoms with E-state index in [2.05, 4.69) is 10.1 Å². The van der Waals surface area contributed by atoms with E-state index in [9.17, 15) is 13.2 Å². The Morgan fingerprint density at radius 3 is 2.67 bits per heavy atom. The van der Waals surface area contributed by atoms with Gasteiger partial charge in [0.1, 0.15) is 5.82 Å². The number of nitrogens with zero attached hydrogens (tertiary/aromatic N) is 3. The molecule has 0 fully saturated rings. The maximum absolute atomic E-state index is 12.6. The van der Waals surface area contributed by atoms with Crippen LogP contribution in [0.3, 0.4) is 0 Å². The van der Waals surface area contributed by atoms with Crippen molar-refractivity contribution in [3.8, 4) is 0 Å². The molecule has 2 rings (SSSR count). The maximum Gasteiger partial charge on any atom is 0.433 e. The molecule has 0 aliphatic rings. The van der Waals surface area contributed by atoms with Gasteiger partial charge >= 0.3 is 6.18 Å². The van der Waals surface area contributed by atoms with Crippen LogP contribution in [0.4, 0.5) is 19.0 Å². The topological polar surface area (TPSA) is 56.2 Å². The van der Waals surface area contributed by atoms with Gasteiger partial charge < -0.3 is 5.73 Å². The minimum Gasteiger partial charge on any atom is -0.384 e. The third-order valence-corrected chi connectivity index (χ3v) is 1.96. The van der Waals surface area contributed by atoms with Gasteiger partial charge in [-0.05, 0) is 6.92 Å². The van der Waals surface area contributed by atoms with Gasteiger partial charge in [-0.2, -0.15) is 18.3 Å². The average molecular weight is 216 g/mol. The maximum atomic E-state index is 12.6. The number of nitrogens with two attached hydrogens (primary N) is 1. The third-order valence-electron chi connectivity index (χ3n) is 1.96. The number of hydrogen-bond acceptors (Lipinski definition) is 3. The first-order chi connectivity index (χ1) is 6.89. The van der Waals surface area contributed by atoms with Crippen molar-refractivity contribution >= 4 is 11.5 Å². The lowest BCUT2D eigenvalue weighted by molar-refractivity contribution is -0.142. The van der Waals surface area contributed by atoms with Crippen molar-refractivity contribution in [1.82, 2.24) is 14.6 Å². The summed E-state index contributed by atoms with van der Waals surface area (Å²) in [4.78, 5) is 3.79. The van der Waals surface area contributed by atoms with E-state index in [0.29, 0.717) is 5.56 Å². The highest BCUT2D eigenvalue weighted by molar-refractivity contribution is 5.51. The van der Waals surface area contributed by atoms with Gasteiger partial charge in [0, 0.05) is 11.6 Å². The molecule has 0 amide bonds. The predicted molar refractivity (Wildman–Crippen MR) is 47.1 cm³/mol. The average Bonchev–Trinajstić information content (AvgIpc) is 2.45. The van der Waals surface area contributed by atoms with Crippen molar-refractivity contribution in [2.24, 2.45) is 0 Å². The van der Waals surface area contributed by atoms with Gasteiger partial charge in [-0.25, -0.2) is 9.50 Å². The molecule has 0 atom stereocenters. The fourth-order valence-corrected chi connectivity index (χ4v) is 1.29. The van der Waals surface area contributed by atoms with E-state index >= 15 is 0 Å². The SMILES string of the molecule is Cc1cnn2c(C(F)(F)F)cc(N)nc12. The minimum atomic E-state index is -4.49. The van der Waals surface area contributed by atoms with Crippen LogP contribution in [0, 0.1) is 6.92 Å². The second-order valence-electron chi connectivity index (χ2n) is 3.13. The summed E-state index contributed by atoms with van der Waals surface area (Å²) >= 11 is 0. The van der Waals surface area contributed by atoms with Gasteiger partial charge in [0.15, 0.2) is 11.3 Å². The Hall–Kier alpha value is -1.79. The van der Waals surface area contributed by atoms with Crippen molar-refractivity contribution in [1.29, 1.82) is 0 Å². The zero-order chi connectivity index (χ0) is 11.2. The molecule has 2 aromatic rings. The van der Waals surface area contributed by atoms with Gasteiger partial charge in [0.2, 0.25) is 0 Å². The molecule has 15 heavy (non-hydrogen) atoms. The quantitative estimate of drug-likeness (QED) is 0.728. The normalized spacial score (nSPS) is 12.3. The summed E-state index contributed by atoms with van der Waals surface area (Å²) in [7, 11) is 0. The number of nitrogen functional groups attached to an aromatic ring is 1. The lowest BCUT2D eigenvalue weighted by Crippen LogP contribution is -2.14. The molecule has 0 radical (unpaired) electrons. The Labute approximate surface area is 82.5 Å². The molecule has 0 bridgehead atoms. The number of rotatable bonds is 0. The van der Waals surface area contributed by atoms with Crippen LogP contribution in [0.15, 0.2) is 12.3 Å². The number of anilines is 1. The highest BCUT2D eigenvalue weighted by atomic mass is 19.4. The molecule has 0 unspecified atom stereocenters. The van der Waals surface area contributed by atoms with Crippen LogP contribution in [0.5, 0.6) is 0 Å². The van der Waals surface area contributed by atoms with Gasteiger partial charge in [-0.1, -0.05) is 0 Å². The number of fused-ring (bicyclic) bond motifs is 1. The van der Waals surface area contributed by atoms with Crippen LogP contribution in [-0.4, -0.2) is 14.6 Å². The zero-order valence-corrected chi connectivity index (χ0v) is 7.71. The number of aryl methyl sites for hydroxylation is 1. The summed E-state index contributed by atoms with van der Waals surface area (Å²) < 4.78 is 38.4. The molecule has 80 valence electrons. The number of halogens is 3. The van der Waals surface area contributed by atoms with Crippen LogP contribution in [0.1, 0.15) is 11.3 Å². The first-order valence-electron chi connectivity index (χ1n) is 4.07. The Bertz CT molecular complexity index is 514.